The molecule has 0 spiro atoms. The number of carbonyl (C=O) groups excluding carboxylic acids is 1. The van der Waals surface area contributed by atoms with E-state index in [9.17, 15) is 4.79 Å². The van der Waals surface area contributed by atoms with Crippen molar-refractivity contribution in [3.05, 3.63) is 58.8 Å². The predicted molar refractivity (Wildman–Crippen MR) is 102 cm³/mol. The van der Waals surface area contributed by atoms with Gasteiger partial charge in [0.15, 0.2) is 0 Å². The molecule has 1 fully saturated rings. The minimum Gasteiger partial charge on any atom is -0.316 e. The fourth-order valence-electron chi connectivity index (χ4n) is 3.45. The van der Waals surface area contributed by atoms with Crippen LogP contribution in [0.15, 0.2) is 53.0 Å². The number of anilines is 1. The zero-order valence-electron chi connectivity index (χ0n) is 13.5. The predicted octanol–water partition coefficient (Wildman–Crippen LogP) is 3.95. The Morgan fingerprint density at radius 3 is 2.76 bits per heavy atom. The van der Waals surface area contributed by atoms with Crippen molar-refractivity contribution in [2.24, 2.45) is 0 Å². The van der Waals surface area contributed by atoms with E-state index in [1.807, 2.05) is 53.4 Å². The lowest BCUT2D eigenvalue weighted by atomic mass is 10.1. The number of benzene rings is 2. The quantitative estimate of drug-likeness (QED) is 0.631. The van der Waals surface area contributed by atoms with Crippen LogP contribution in [-0.4, -0.2) is 22.0 Å². The molecule has 1 aliphatic rings. The van der Waals surface area contributed by atoms with Gasteiger partial charge in [-0.1, -0.05) is 30.2 Å². The van der Waals surface area contributed by atoms with E-state index in [4.69, 9.17) is 11.4 Å². The molecule has 1 atom stereocenters. The molecule has 3 aromatic rings. The van der Waals surface area contributed by atoms with Gasteiger partial charge in [0.2, 0.25) is 5.91 Å². The van der Waals surface area contributed by atoms with Gasteiger partial charge in [0.25, 0.3) is 0 Å². The highest BCUT2D eigenvalue weighted by Crippen LogP contribution is 2.35. The number of hydrogen-bond acceptors (Lipinski definition) is 2. The van der Waals surface area contributed by atoms with Crippen LogP contribution in [0.5, 0.6) is 0 Å². The van der Waals surface area contributed by atoms with Crippen molar-refractivity contribution < 1.29 is 4.79 Å². The molecule has 25 heavy (non-hydrogen) atoms. The second-order valence-corrected chi connectivity index (χ2v) is 6.96. The van der Waals surface area contributed by atoms with Crippen molar-refractivity contribution in [1.82, 2.24) is 9.55 Å². The number of amides is 1. The van der Waals surface area contributed by atoms with Gasteiger partial charge < -0.3 is 9.47 Å². The van der Waals surface area contributed by atoms with Crippen molar-refractivity contribution in [2.45, 2.75) is 18.9 Å². The van der Waals surface area contributed by atoms with Gasteiger partial charge >= 0.3 is 0 Å². The Morgan fingerprint density at radius 2 is 1.96 bits per heavy atom. The number of para-hydroxylation sites is 3. The van der Waals surface area contributed by atoms with Gasteiger partial charge in [-0.25, -0.2) is 4.98 Å². The van der Waals surface area contributed by atoms with Gasteiger partial charge in [0.1, 0.15) is 5.82 Å². The van der Waals surface area contributed by atoms with Gasteiger partial charge in [0.05, 0.1) is 23.3 Å². The van der Waals surface area contributed by atoms with Gasteiger partial charge in [0, 0.05) is 23.4 Å². The van der Waals surface area contributed by atoms with Crippen LogP contribution in [0, 0.1) is 12.3 Å². The number of rotatable bonds is 3. The minimum atomic E-state index is 0.0281. The lowest BCUT2D eigenvalue weighted by molar-refractivity contribution is -0.117. The molecule has 0 bridgehead atoms. The molecule has 1 unspecified atom stereocenters. The van der Waals surface area contributed by atoms with Crippen molar-refractivity contribution >= 4 is 38.6 Å². The fourth-order valence-corrected chi connectivity index (χ4v) is 3.95. The van der Waals surface area contributed by atoms with Crippen LogP contribution in [0.25, 0.3) is 11.0 Å². The lowest BCUT2D eigenvalue weighted by Crippen LogP contribution is -2.24. The molecule has 2 aromatic carbocycles. The van der Waals surface area contributed by atoms with Crippen molar-refractivity contribution in [2.75, 3.05) is 11.4 Å². The first-order chi connectivity index (χ1) is 12.2. The molecule has 0 radical (unpaired) electrons. The highest BCUT2D eigenvalue weighted by Gasteiger charge is 2.35. The Morgan fingerprint density at radius 1 is 1.20 bits per heavy atom. The second-order valence-electron chi connectivity index (χ2n) is 6.11. The van der Waals surface area contributed by atoms with Gasteiger partial charge in [-0.2, -0.15) is 0 Å². The summed E-state index contributed by atoms with van der Waals surface area (Å²) in [5, 5.41) is 0. The Bertz CT molecular complexity index is 1000. The maximum atomic E-state index is 12.6. The van der Waals surface area contributed by atoms with E-state index >= 15 is 0 Å². The maximum Gasteiger partial charge on any atom is 0.227 e. The molecule has 0 aliphatic carbocycles. The Hall–Kier alpha value is -2.58. The van der Waals surface area contributed by atoms with Crippen LogP contribution in [0.4, 0.5) is 5.69 Å². The molecule has 1 aliphatic heterocycles. The average Bonchev–Trinajstić information content (AvgIpc) is 3.17. The van der Waals surface area contributed by atoms with Crippen LogP contribution in [-0.2, 0) is 11.3 Å². The molecule has 5 heteroatoms. The standard InChI is InChI=1S/C20H16BrN3O/c1-2-11-23-18-10-6-4-8-16(18)22-20(23)14-12-19(25)24(13-14)17-9-5-3-7-15(17)21/h1,3-10,14H,11-13H2. The van der Waals surface area contributed by atoms with Gasteiger partial charge in [-0.05, 0) is 40.2 Å². The van der Waals surface area contributed by atoms with Crippen LogP contribution in [0.2, 0.25) is 0 Å². The van der Waals surface area contributed by atoms with Crippen molar-refractivity contribution in [1.29, 1.82) is 0 Å². The van der Waals surface area contributed by atoms with Crippen molar-refractivity contribution in [3.63, 3.8) is 0 Å². The highest BCUT2D eigenvalue weighted by atomic mass is 79.9. The summed E-state index contributed by atoms with van der Waals surface area (Å²) < 4.78 is 2.97. The topological polar surface area (TPSA) is 38.1 Å². The molecule has 2 heterocycles. The maximum absolute atomic E-state index is 12.6. The van der Waals surface area contributed by atoms with Gasteiger partial charge in [-0.15, -0.1) is 6.42 Å². The average molecular weight is 394 g/mol. The molecular weight excluding hydrogens is 378 g/mol. The number of aromatic nitrogens is 2. The van der Waals surface area contributed by atoms with E-state index in [1.54, 1.807) is 0 Å². The summed E-state index contributed by atoms with van der Waals surface area (Å²) >= 11 is 3.54. The largest absolute Gasteiger partial charge is 0.316 e. The van der Waals surface area contributed by atoms with Crippen LogP contribution >= 0.6 is 15.9 Å². The fraction of sp³-hybridized carbons (Fsp3) is 0.200. The SMILES string of the molecule is C#CCn1c(C2CC(=O)N(c3ccccc3Br)C2)nc2ccccc21. The second kappa shape index (κ2) is 6.38. The summed E-state index contributed by atoms with van der Waals surface area (Å²) in [5.41, 5.74) is 2.83. The molecule has 1 saturated heterocycles. The molecule has 1 aromatic heterocycles. The van der Waals surface area contributed by atoms with Crippen LogP contribution < -0.4 is 4.90 Å². The van der Waals surface area contributed by atoms with E-state index in [0.717, 1.165) is 27.0 Å². The van der Waals surface area contributed by atoms with Gasteiger partial charge in [-0.3, -0.25) is 4.79 Å². The molecular formula is C20H16BrN3O. The number of hydrogen-bond donors (Lipinski definition) is 0. The van der Waals surface area contributed by atoms with E-state index in [0.29, 0.717) is 19.5 Å². The number of halogens is 1. The van der Waals surface area contributed by atoms with Crippen LogP contribution in [0.1, 0.15) is 18.2 Å². The van der Waals surface area contributed by atoms with Crippen molar-refractivity contribution in [3.8, 4) is 12.3 Å². The van der Waals surface area contributed by atoms with E-state index in [1.165, 1.54) is 0 Å². The summed E-state index contributed by atoms with van der Waals surface area (Å²) in [6.45, 7) is 1.06. The number of carbonyl (C=O) groups is 1. The molecule has 1 amide bonds. The number of imidazole rings is 1. The summed E-state index contributed by atoms with van der Waals surface area (Å²) in [7, 11) is 0. The zero-order chi connectivity index (χ0) is 17.4. The first kappa shape index (κ1) is 15.9. The molecule has 4 nitrogen and oxygen atoms in total. The third kappa shape index (κ3) is 2.73. The summed E-state index contributed by atoms with van der Waals surface area (Å²) in [6, 6.07) is 15.7. The Labute approximate surface area is 154 Å². The molecule has 0 saturated carbocycles. The Balaban J connectivity index is 1.73. The number of fused-ring (bicyclic) bond motifs is 1. The monoisotopic (exact) mass is 393 g/mol. The summed E-state index contributed by atoms with van der Waals surface area (Å²) in [6.07, 6.45) is 6.00. The normalized spacial score (nSPS) is 17.2. The highest BCUT2D eigenvalue weighted by molar-refractivity contribution is 9.10. The summed E-state index contributed by atoms with van der Waals surface area (Å²) in [4.78, 5) is 19.2. The van der Waals surface area contributed by atoms with Crippen LogP contribution in [0.3, 0.4) is 0 Å². The number of terminal acetylenes is 1. The minimum absolute atomic E-state index is 0.0281. The smallest absolute Gasteiger partial charge is 0.227 e. The first-order valence-electron chi connectivity index (χ1n) is 8.12. The first-order valence-corrected chi connectivity index (χ1v) is 8.92. The van der Waals surface area contributed by atoms with E-state index in [2.05, 4.69) is 26.4 Å². The third-order valence-corrected chi connectivity index (χ3v) is 5.24. The summed E-state index contributed by atoms with van der Waals surface area (Å²) in [5.74, 6) is 3.73. The Kier molecular flexibility index (Phi) is 4.06. The lowest BCUT2D eigenvalue weighted by Gasteiger charge is -2.18. The van der Waals surface area contributed by atoms with E-state index in [-0.39, 0.29) is 11.8 Å². The molecule has 124 valence electrons. The molecule has 0 N–H and O–H groups in total. The van der Waals surface area contributed by atoms with E-state index < -0.39 is 0 Å². The molecule has 4 rings (SSSR count). The third-order valence-electron chi connectivity index (χ3n) is 4.57. The zero-order valence-corrected chi connectivity index (χ0v) is 15.1. The number of nitrogens with zero attached hydrogens (tertiary/aromatic N) is 3.